The van der Waals surface area contributed by atoms with Gasteiger partial charge in [-0.2, -0.15) is 0 Å². The molecule has 68 valence electrons. The molecular formula is C9H10N2OS. The second-order valence-electron chi connectivity index (χ2n) is 3.09. The molecule has 0 amide bonds. The van der Waals surface area contributed by atoms with E-state index in [1.165, 1.54) is 11.3 Å². The Labute approximate surface area is 79.6 Å². The highest BCUT2D eigenvalue weighted by Gasteiger charge is 2.00. The summed E-state index contributed by atoms with van der Waals surface area (Å²) in [7, 11) is 3.97. The molecule has 4 heteroatoms. The largest absolute Gasteiger partial charge is 0.378 e. The third-order valence-electron chi connectivity index (χ3n) is 1.92. The van der Waals surface area contributed by atoms with Crippen LogP contribution in [0.15, 0.2) is 23.0 Å². The second kappa shape index (κ2) is 2.88. The van der Waals surface area contributed by atoms with Crippen molar-refractivity contribution in [2.45, 2.75) is 0 Å². The minimum Gasteiger partial charge on any atom is -0.378 e. The van der Waals surface area contributed by atoms with Gasteiger partial charge in [-0.15, -0.1) is 0 Å². The molecule has 1 aromatic carbocycles. The number of rotatable bonds is 1. The third-order valence-corrected chi connectivity index (χ3v) is 2.77. The summed E-state index contributed by atoms with van der Waals surface area (Å²) in [6.45, 7) is 0. The van der Waals surface area contributed by atoms with Crippen molar-refractivity contribution in [3.8, 4) is 0 Å². The van der Waals surface area contributed by atoms with E-state index in [-0.39, 0.29) is 4.87 Å². The summed E-state index contributed by atoms with van der Waals surface area (Å²) >= 11 is 1.25. The molecule has 0 saturated carbocycles. The van der Waals surface area contributed by atoms with Crippen molar-refractivity contribution in [3.05, 3.63) is 27.9 Å². The highest BCUT2D eigenvalue weighted by molar-refractivity contribution is 7.16. The van der Waals surface area contributed by atoms with Crippen LogP contribution in [0.5, 0.6) is 0 Å². The van der Waals surface area contributed by atoms with Crippen molar-refractivity contribution in [2.24, 2.45) is 0 Å². The van der Waals surface area contributed by atoms with Gasteiger partial charge in [-0.05, 0) is 18.2 Å². The van der Waals surface area contributed by atoms with Gasteiger partial charge in [0.25, 0.3) is 0 Å². The molecule has 3 nitrogen and oxygen atoms in total. The van der Waals surface area contributed by atoms with Gasteiger partial charge in [0, 0.05) is 19.8 Å². The van der Waals surface area contributed by atoms with Crippen molar-refractivity contribution in [1.82, 2.24) is 4.98 Å². The molecule has 0 saturated heterocycles. The zero-order chi connectivity index (χ0) is 9.42. The van der Waals surface area contributed by atoms with Crippen molar-refractivity contribution in [2.75, 3.05) is 19.0 Å². The Bertz CT molecular complexity index is 484. The molecule has 0 fully saturated rings. The number of aromatic nitrogens is 1. The van der Waals surface area contributed by atoms with Crippen LogP contribution < -0.4 is 9.77 Å². The summed E-state index contributed by atoms with van der Waals surface area (Å²) in [6.07, 6.45) is 0. The number of H-pyrrole nitrogens is 1. The lowest BCUT2D eigenvalue weighted by Crippen LogP contribution is -2.07. The Morgan fingerprint density at radius 1 is 1.38 bits per heavy atom. The van der Waals surface area contributed by atoms with Crippen LogP contribution in [0.4, 0.5) is 5.69 Å². The van der Waals surface area contributed by atoms with Gasteiger partial charge in [0.05, 0.1) is 10.2 Å². The first-order valence-corrected chi connectivity index (χ1v) is 4.78. The molecule has 2 aromatic rings. The van der Waals surface area contributed by atoms with E-state index in [0.717, 1.165) is 15.9 Å². The predicted molar refractivity (Wildman–Crippen MR) is 56.8 cm³/mol. The van der Waals surface area contributed by atoms with Crippen molar-refractivity contribution >= 4 is 27.2 Å². The van der Waals surface area contributed by atoms with E-state index < -0.39 is 0 Å². The van der Waals surface area contributed by atoms with E-state index in [2.05, 4.69) is 4.98 Å². The standard InChI is InChI=1S/C9H10N2OS/c1-11(2)6-3-4-7-8(5-6)13-9(12)10-7/h3-5H,1-2H3,(H,10,12). The molecular weight excluding hydrogens is 184 g/mol. The Kier molecular flexibility index (Phi) is 1.84. The Balaban J connectivity index is 2.68. The van der Waals surface area contributed by atoms with E-state index >= 15 is 0 Å². The third kappa shape index (κ3) is 1.45. The van der Waals surface area contributed by atoms with Crippen LogP contribution >= 0.6 is 11.3 Å². The normalized spacial score (nSPS) is 10.6. The minimum atomic E-state index is 0.00547. The highest BCUT2D eigenvalue weighted by Crippen LogP contribution is 2.20. The van der Waals surface area contributed by atoms with Crippen LogP contribution in [0.3, 0.4) is 0 Å². The predicted octanol–water partition coefficient (Wildman–Crippen LogP) is 1.66. The van der Waals surface area contributed by atoms with Gasteiger partial charge in [0.15, 0.2) is 0 Å². The maximum atomic E-state index is 11.0. The molecule has 0 radical (unpaired) electrons. The number of hydrogen-bond acceptors (Lipinski definition) is 3. The molecule has 2 rings (SSSR count). The molecule has 0 bridgehead atoms. The molecule has 0 unspecified atom stereocenters. The fourth-order valence-electron chi connectivity index (χ4n) is 1.21. The summed E-state index contributed by atoms with van der Waals surface area (Å²) in [4.78, 5) is 15.8. The van der Waals surface area contributed by atoms with Gasteiger partial charge < -0.3 is 9.88 Å². The Morgan fingerprint density at radius 2 is 2.15 bits per heavy atom. The number of fused-ring (bicyclic) bond motifs is 1. The van der Waals surface area contributed by atoms with Crippen molar-refractivity contribution in [3.63, 3.8) is 0 Å². The van der Waals surface area contributed by atoms with Gasteiger partial charge in [0.1, 0.15) is 0 Å². The quantitative estimate of drug-likeness (QED) is 0.749. The molecule has 0 atom stereocenters. The smallest absolute Gasteiger partial charge is 0.305 e. The molecule has 0 spiro atoms. The first kappa shape index (κ1) is 8.31. The van der Waals surface area contributed by atoms with E-state index in [4.69, 9.17) is 0 Å². The summed E-state index contributed by atoms with van der Waals surface area (Å²) in [5.74, 6) is 0. The molecule has 0 aliphatic heterocycles. The topological polar surface area (TPSA) is 36.1 Å². The monoisotopic (exact) mass is 194 g/mol. The summed E-state index contributed by atoms with van der Waals surface area (Å²) in [5.41, 5.74) is 2.03. The average Bonchev–Trinajstić information content (AvgIpc) is 2.42. The number of nitrogens with zero attached hydrogens (tertiary/aromatic N) is 1. The number of hydrogen-bond donors (Lipinski definition) is 1. The Morgan fingerprint density at radius 3 is 2.85 bits per heavy atom. The lowest BCUT2D eigenvalue weighted by molar-refractivity contribution is 1.14. The minimum absolute atomic E-state index is 0.00547. The van der Waals surface area contributed by atoms with Crippen LogP contribution in [0.1, 0.15) is 0 Å². The molecule has 1 N–H and O–H groups in total. The number of aromatic amines is 1. The highest BCUT2D eigenvalue weighted by atomic mass is 32.1. The molecule has 1 heterocycles. The van der Waals surface area contributed by atoms with Gasteiger partial charge in [0.2, 0.25) is 0 Å². The van der Waals surface area contributed by atoms with Crippen LogP contribution in [0.2, 0.25) is 0 Å². The lowest BCUT2D eigenvalue weighted by Gasteiger charge is -2.11. The van der Waals surface area contributed by atoms with E-state index in [1.807, 2.05) is 37.2 Å². The van der Waals surface area contributed by atoms with Gasteiger partial charge in [-0.25, -0.2) is 0 Å². The number of anilines is 1. The van der Waals surface area contributed by atoms with Crippen LogP contribution in [-0.2, 0) is 0 Å². The average molecular weight is 194 g/mol. The van der Waals surface area contributed by atoms with Crippen molar-refractivity contribution in [1.29, 1.82) is 0 Å². The molecule has 1 aromatic heterocycles. The van der Waals surface area contributed by atoms with Crippen molar-refractivity contribution < 1.29 is 0 Å². The summed E-state index contributed by atoms with van der Waals surface area (Å²) in [5, 5.41) is 0. The van der Waals surface area contributed by atoms with E-state index in [9.17, 15) is 4.79 Å². The van der Waals surface area contributed by atoms with Gasteiger partial charge >= 0.3 is 4.87 Å². The Hall–Kier alpha value is -1.29. The van der Waals surface area contributed by atoms with E-state index in [0.29, 0.717) is 0 Å². The molecule has 0 aliphatic carbocycles. The zero-order valence-electron chi connectivity index (χ0n) is 7.50. The summed E-state index contributed by atoms with van der Waals surface area (Å²) < 4.78 is 1.01. The number of nitrogens with one attached hydrogen (secondary N) is 1. The van der Waals surface area contributed by atoms with Crippen LogP contribution in [0.25, 0.3) is 10.2 Å². The number of thiazole rings is 1. The lowest BCUT2D eigenvalue weighted by atomic mass is 10.3. The van der Waals surface area contributed by atoms with Crippen LogP contribution in [-0.4, -0.2) is 19.1 Å². The maximum absolute atomic E-state index is 11.0. The molecule has 0 aliphatic rings. The zero-order valence-corrected chi connectivity index (χ0v) is 8.31. The fraction of sp³-hybridized carbons (Fsp3) is 0.222. The van der Waals surface area contributed by atoms with Gasteiger partial charge in [-0.1, -0.05) is 11.3 Å². The molecule has 13 heavy (non-hydrogen) atoms. The number of benzene rings is 1. The SMILES string of the molecule is CN(C)c1ccc2[nH]c(=O)sc2c1. The maximum Gasteiger partial charge on any atom is 0.305 e. The summed E-state index contributed by atoms with van der Waals surface area (Å²) in [6, 6.07) is 5.94. The fourth-order valence-corrected chi connectivity index (χ4v) is 1.98. The van der Waals surface area contributed by atoms with Gasteiger partial charge in [-0.3, -0.25) is 4.79 Å². The van der Waals surface area contributed by atoms with E-state index in [1.54, 1.807) is 0 Å². The van der Waals surface area contributed by atoms with Crippen LogP contribution in [0, 0.1) is 0 Å². The second-order valence-corrected chi connectivity index (χ2v) is 4.10. The first-order valence-electron chi connectivity index (χ1n) is 3.97. The first-order chi connectivity index (χ1) is 6.16.